The van der Waals surface area contributed by atoms with Gasteiger partial charge in [-0.3, -0.25) is 19.1 Å². The van der Waals surface area contributed by atoms with Crippen LogP contribution in [0, 0.1) is 6.92 Å². The van der Waals surface area contributed by atoms with Crippen molar-refractivity contribution in [1.29, 1.82) is 0 Å². The molecular weight excluding hydrogens is 499 g/mol. The summed E-state index contributed by atoms with van der Waals surface area (Å²) < 4.78 is 31.4. The molecule has 0 bridgehead atoms. The molecule has 4 N–H and O–H groups in total. The van der Waals surface area contributed by atoms with Crippen LogP contribution in [0.4, 0.5) is 5.95 Å². The van der Waals surface area contributed by atoms with E-state index in [9.17, 15) is 14.2 Å². The van der Waals surface area contributed by atoms with Crippen LogP contribution >= 0.6 is 19.1 Å². The molecule has 0 aliphatic heterocycles. The van der Waals surface area contributed by atoms with Gasteiger partial charge in [0.05, 0.1) is 26.1 Å². The molecule has 2 atom stereocenters. The maximum Gasteiger partial charge on any atom is 0.323 e. The van der Waals surface area contributed by atoms with Gasteiger partial charge in [-0.05, 0) is 38.0 Å². The third kappa shape index (κ3) is 7.12. The molecule has 0 saturated carbocycles. The number of nitrogens with one attached hydrogen (secondary N) is 2. The number of nitrogen functional groups attached to an aromatic ring is 1. The van der Waals surface area contributed by atoms with E-state index in [1.165, 1.54) is 13.3 Å². The molecular formula is C21H28ClN6O6P. The topological polar surface area (TPSA) is 163 Å². The number of anilines is 1. The van der Waals surface area contributed by atoms with Crippen LogP contribution in [0.5, 0.6) is 0 Å². The molecule has 2 heterocycles. The van der Waals surface area contributed by atoms with Gasteiger partial charge in [-0.1, -0.05) is 23.7 Å². The van der Waals surface area contributed by atoms with Gasteiger partial charge in [-0.2, -0.15) is 4.98 Å². The van der Waals surface area contributed by atoms with Crippen LogP contribution in [0.1, 0.15) is 25.0 Å². The summed E-state index contributed by atoms with van der Waals surface area (Å²) in [5, 5.41) is 3.28. The Labute approximate surface area is 206 Å². The minimum atomic E-state index is -3.65. The Kier molecular flexibility index (Phi) is 9.03. The minimum absolute atomic E-state index is 0.0126. The fourth-order valence-corrected chi connectivity index (χ4v) is 4.96. The summed E-state index contributed by atoms with van der Waals surface area (Å²) in [7, 11) is -3.65. The monoisotopic (exact) mass is 526 g/mol. The Morgan fingerprint density at radius 2 is 2.17 bits per heavy atom. The zero-order chi connectivity index (χ0) is 25.6. The molecule has 0 amide bonds. The summed E-state index contributed by atoms with van der Waals surface area (Å²) >= 11 is 6.17. The highest BCUT2D eigenvalue weighted by Crippen LogP contribution is 2.44. The molecule has 0 saturated heterocycles. The maximum atomic E-state index is 13.5. The van der Waals surface area contributed by atoms with Crippen molar-refractivity contribution >= 4 is 42.2 Å². The van der Waals surface area contributed by atoms with Crippen molar-refractivity contribution < 1.29 is 23.4 Å². The van der Waals surface area contributed by atoms with E-state index in [4.69, 9.17) is 31.3 Å². The third-order valence-electron chi connectivity index (χ3n) is 4.94. The van der Waals surface area contributed by atoms with Gasteiger partial charge in [0, 0.05) is 11.6 Å². The number of hydrogen-bond acceptors (Lipinski definition) is 9. The second kappa shape index (κ2) is 11.8. The highest BCUT2D eigenvalue weighted by Gasteiger charge is 2.29. The van der Waals surface area contributed by atoms with Crippen LogP contribution in [0.3, 0.4) is 0 Å². The second-order valence-electron chi connectivity index (χ2n) is 7.73. The Bertz CT molecular complexity index is 1300. The summed E-state index contributed by atoms with van der Waals surface area (Å²) in [5.74, 6) is -0.593. The molecule has 1 aromatic carbocycles. The number of benzene rings is 1. The molecule has 190 valence electrons. The van der Waals surface area contributed by atoms with Gasteiger partial charge in [-0.15, -0.1) is 0 Å². The fraction of sp³-hybridized carbons (Fsp3) is 0.429. The van der Waals surface area contributed by atoms with Crippen LogP contribution in [0.2, 0.25) is 5.02 Å². The quantitative estimate of drug-likeness (QED) is 0.181. The van der Waals surface area contributed by atoms with E-state index in [-0.39, 0.29) is 44.2 Å². The first-order valence-electron chi connectivity index (χ1n) is 10.8. The molecule has 0 spiro atoms. The van der Waals surface area contributed by atoms with Gasteiger partial charge in [0.25, 0.3) is 13.1 Å². The number of esters is 1. The van der Waals surface area contributed by atoms with Crippen molar-refractivity contribution in [2.75, 3.05) is 25.3 Å². The molecule has 1 unspecified atom stereocenters. The lowest BCUT2D eigenvalue weighted by Crippen LogP contribution is -2.34. The lowest BCUT2D eigenvalue weighted by molar-refractivity contribution is -0.144. The van der Waals surface area contributed by atoms with Crippen molar-refractivity contribution in [2.24, 2.45) is 0 Å². The van der Waals surface area contributed by atoms with Crippen LogP contribution in [-0.2, 0) is 36.5 Å². The zero-order valence-electron chi connectivity index (χ0n) is 19.6. The van der Waals surface area contributed by atoms with E-state index in [0.717, 1.165) is 5.56 Å². The van der Waals surface area contributed by atoms with Crippen molar-refractivity contribution in [3.63, 3.8) is 0 Å². The molecule has 35 heavy (non-hydrogen) atoms. The Morgan fingerprint density at radius 3 is 2.89 bits per heavy atom. The number of hydrogen-bond donors (Lipinski definition) is 3. The van der Waals surface area contributed by atoms with Crippen LogP contribution in [-0.4, -0.2) is 51.1 Å². The molecule has 0 aliphatic carbocycles. The lowest BCUT2D eigenvalue weighted by atomic mass is 10.2. The van der Waals surface area contributed by atoms with E-state index in [1.807, 2.05) is 19.1 Å². The molecule has 12 nitrogen and oxygen atoms in total. The number of aromatic amines is 1. The number of H-pyrrole nitrogens is 1. The van der Waals surface area contributed by atoms with Gasteiger partial charge in [0.1, 0.15) is 12.4 Å². The highest BCUT2D eigenvalue weighted by atomic mass is 35.5. The number of nitrogens with two attached hydrogens (primary N) is 1. The number of nitrogens with zero attached hydrogens (tertiary/aromatic N) is 3. The number of halogens is 1. The highest BCUT2D eigenvalue weighted by molar-refractivity contribution is 7.56. The standard InChI is InChI=1S/C21H28ClN6O6P/c1-4-33-20(30)14(3)27-35(31,34-10-15-6-5-13(2)16(22)9-15)12-32-8-7-28-11-24-17-18(28)25-21(23)26-19(17)29/h5-6,9,11,14H,4,7-8,10,12H2,1-3H3,(H,27,31)(H3,23,25,26,29)/t14-,35?/m0/s1. The third-order valence-corrected chi connectivity index (χ3v) is 7.19. The van der Waals surface area contributed by atoms with Gasteiger partial charge >= 0.3 is 5.97 Å². The average Bonchev–Trinajstić information content (AvgIpc) is 3.21. The number of rotatable bonds is 12. The largest absolute Gasteiger partial charge is 0.465 e. The predicted octanol–water partition coefficient (Wildman–Crippen LogP) is 2.59. The average molecular weight is 527 g/mol. The number of aromatic nitrogens is 4. The van der Waals surface area contributed by atoms with E-state index < -0.39 is 25.1 Å². The second-order valence-corrected chi connectivity index (χ2v) is 10.3. The van der Waals surface area contributed by atoms with E-state index in [1.54, 1.807) is 17.6 Å². The summed E-state index contributed by atoms with van der Waals surface area (Å²) in [6, 6.07) is 4.48. The Morgan fingerprint density at radius 1 is 1.40 bits per heavy atom. The van der Waals surface area contributed by atoms with Crippen LogP contribution in [0.25, 0.3) is 11.2 Å². The van der Waals surface area contributed by atoms with Crippen molar-refractivity contribution in [3.8, 4) is 0 Å². The zero-order valence-corrected chi connectivity index (χ0v) is 21.3. The minimum Gasteiger partial charge on any atom is -0.465 e. The molecule has 3 rings (SSSR count). The first-order chi connectivity index (χ1) is 16.6. The van der Waals surface area contributed by atoms with Crippen LogP contribution < -0.4 is 16.4 Å². The normalized spacial score (nSPS) is 14.1. The Balaban J connectivity index is 1.66. The summed E-state index contributed by atoms with van der Waals surface area (Å²) in [5.41, 5.74) is 7.23. The predicted molar refractivity (Wildman–Crippen MR) is 131 cm³/mol. The van der Waals surface area contributed by atoms with Gasteiger partial charge in [0.15, 0.2) is 11.2 Å². The van der Waals surface area contributed by atoms with E-state index in [0.29, 0.717) is 16.2 Å². The van der Waals surface area contributed by atoms with E-state index in [2.05, 4.69) is 20.0 Å². The number of carbonyl (C=O) groups is 1. The van der Waals surface area contributed by atoms with Crippen molar-refractivity contribution in [1.82, 2.24) is 24.6 Å². The number of ether oxygens (including phenoxy) is 2. The number of aryl methyl sites for hydroxylation is 1. The van der Waals surface area contributed by atoms with Gasteiger partial charge in [0.2, 0.25) is 5.95 Å². The maximum absolute atomic E-state index is 13.5. The van der Waals surface area contributed by atoms with Gasteiger partial charge < -0.3 is 24.3 Å². The summed E-state index contributed by atoms with van der Waals surface area (Å²) in [6.45, 7) is 5.61. The summed E-state index contributed by atoms with van der Waals surface area (Å²) in [4.78, 5) is 34.5. The van der Waals surface area contributed by atoms with E-state index >= 15 is 0 Å². The lowest BCUT2D eigenvalue weighted by Gasteiger charge is -2.23. The molecule has 0 aliphatic rings. The number of fused-ring (bicyclic) bond motifs is 1. The summed E-state index contributed by atoms with van der Waals surface area (Å²) in [6.07, 6.45) is 1.12. The Hall–Kier alpha value is -2.76. The smallest absolute Gasteiger partial charge is 0.323 e. The molecule has 2 aromatic heterocycles. The molecule has 0 radical (unpaired) electrons. The first-order valence-corrected chi connectivity index (χ1v) is 13.0. The number of carbonyl (C=O) groups excluding carboxylic acids is 1. The van der Waals surface area contributed by atoms with Crippen LogP contribution in [0.15, 0.2) is 29.3 Å². The van der Waals surface area contributed by atoms with Crippen molar-refractivity contribution in [3.05, 3.63) is 51.0 Å². The fourth-order valence-electron chi connectivity index (χ4n) is 3.11. The SMILES string of the molecule is CCOC(=O)[C@H](C)NP(=O)(COCCn1cnc2c(=O)[nH]c(N)nc21)OCc1ccc(C)c(Cl)c1. The van der Waals surface area contributed by atoms with Crippen molar-refractivity contribution in [2.45, 2.75) is 40.0 Å². The molecule has 3 aromatic rings. The molecule has 14 heteroatoms. The molecule has 0 fully saturated rings. The first kappa shape index (κ1) is 26.8. The van der Waals surface area contributed by atoms with Gasteiger partial charge in [-0.25, -0.2) is 10.1 Å². The number of imidazole rings is 1.